The summed E-state index contributed by atoms with van der Waals surface area (Å²) in [6.07, 6.45) is 2.17. The summed E-state index contributed by atoms with van der Waals surface area (Å²) >= 11 is 12.7. The van der Waals surface area contributed by atoms with Crippen molar-refractivity contribution in [2.45, 2.75) is 18.2 Å². The molecule has 0 spiro atoms. The fourth-order valence-corrected chi connectivity index (χ4v) is 5.15. The number of aryl methyl sites for hydroxylation is 1. The minimum absolute atomic E-state index is 0.214. The van der Waals surface area contributed by atoms with Crippen LogP contribution in [0.4, 0.5) is 5.69 Å². The standard InChI is InChI=1S/C25H23Cl2NO2S/c1-4-5-16-28(31(29,30)21-13-10-18(2)11-14-21)25-15-12-20(26)17-23(25)19(3)22-8-6-7-9-24(22)27/h4,6-15,17H,1,3,5,16H2,2H3. The van der Waals surface area contributed by atoms with Crippen molar-refractivity contribution in [3.63, 3.8) is 0 Å². The molecule has 0 amide bonds. The van der Waals surface area contributed by atoms with Crippen molar-refractivity contribution in [1.29, 1.82) is 0 Å². The number of anilines is 1. The van der Waals surface area contributed by atoms with Gasteiger partial charge in [-0.15, -0.1) is 6.58 Å². The summed E-state index contributed by atoms with van der Waals surface area (Å²) in [7, 11) is -3.84. The maximum absolute atomic E-state index is 13.6. The summed E-state index contributed by atoms with van der Waals surface area (Å²) in [5.74, 6) is 0. The number of benzene rings is 3. The van der Waals surface area contributed by atoms with Crippen LogP contribution in [-0.2, 0) is 10.0 Å². The Hall–Kier alpha value is -2.53. The highest BCUT2D eigenvalue weighted by atomic mass is 35.5. The van der Waals surface area contributed by atoms with E-state index >= 15 is 0 Å². The molecule has 0 saturated carbocycles. The van der Waals surface area contributed by atoms with Crippen LogP contribution >= 0.6 is 23.2 Å². The van der Waals surface area contributed by atoms with Gasteiger partial charge in [0.05, 0.1) is 10.6 Å². The highest BCUT2D eigenvalue weighted by Gasteiger charge is 2.27. The molecule has 3 rings (SSSR count). The van der Waals surface area contributed by atoms with Crippen molar-refractivity contribution in [2.24, 2.45) is 0 Å². The smallest absolute Gasteiger partial charge is 0.264 e. The topological polar surface area (TPSA) is 37.4 Å². The van der Waals surface area contributed by atoms with Crippen LogP contribution in [-0.4, -0.2) is 15.0 Å². The van der Waals surface area contributed by atoms with Crippen molar-refractivity contribution in [3.05, 3.63) is 113 Å². The zero-order chi connectivity index (χ0) is 22.6. The van der Waals surface area contributed by atoms with Crippen LogP contribution in [0.25, 0.3) is 5.57 Å². The van der Waals surface area contributed by atoms with Gasteiger partial charge >= 0.3 is 0 Å². The van der Waals surface area contributed by atoms with Crippen LogP contribution in [0, 0.1) is 6.92 Å². The van der Waals surface area contributed by atoms with E-state index in [1.807, 2.05) is 25.1 Å². The predicted molar refractivity (Wildman–Crippen MR) is 132 cm³/mol. The van der Waals surface area contributed by atoms with E-state index in [1.165, 1.54) is 4.31 Å². The molecule has 0 saturated heterocycles. The molecule has 0 aliphatic heterocycles. The molecule has 0 aromatic heterocycles. The number of hydrogen-bond acceptors (Lipinski definition) is 2. The first kappa shape index (κ1) is 23.1. The van der Waals surface area contributed by atoms with Crippen LogP contribution in [0.1, 0.15) is 23.1 Å². The van der Waals surface area contributed by atoms with Crippen LogP contribution < -0.4 is 4.31 Å². The van der Waals surface area contributed by atoms with Crippen molar-refractivity contribution in [1.82, 2.24) is 0 Å². The molecule has 0 unspecified atom stereocenters. The molecule has 0 fully saturated rings. The van der Waals surface area contributed by atoms with Gasteiger partial charge in [0, 0.05) is 27.7 Å². The van der Waals surface area contributed by atoms with Gasteiger partial charge in [-0.2, -0.15) is 0 Å². The fourth-order valence-electron chi connectivity index (χ4n) is 3.23. The van der Waals surface area contributed by atoms with E-state index in [0.717, 1.165) is 5.56 Å². The summed E-state index contributed by atoms with van der Waals surface area (Å²) in [6, 6.07) is 19.2. The summed E-state index contributed by atoms with van der Waals surface area (Å²) in [6.45, 7) is 10.1. The summed E-state index contributed by atoms with van der Waals surface area (Å²) in [4.78, 5) is 0.214. The van der Waals surface area contributed by atoms with Crippen LogP contribution in [0.2, 0.25) is 10.0 Å². The van der Waals surface area contributed by atoms with E-state index in [4.69, 9.17) is 23.2 Å². The lowest BCUT2D eigenvalue weighted by Gasteiger charge is -2.27. The third kappa shape index (κ3) is 5.04. The van der Waals surface area contributed by atoms with E-state index in [-0.39, 0.29) is 11.4 Å². The molecule has 0 aliphatic rings. The zero-order valence-electron chi connectivity index (χ0n) is 17.2. The Balaban J connectivity index is 2.19. The molecule has 0 bridgehead atoms. The lowest BCUT2D eigenvalue weighted by molar-refractivity contribution is 0.591. The third-order valence-corrected chi connectivity index (χ3v) is 7.29. The number of sulfonamides is 1. The van der Waals surface area contributed by atoms with Gasteiger partial charge in [0.1, 0.15) is 0 Å². The molecule has 160 valence electrons. The van der Waals surface area contributed by atoms with Gasteiger partial charge in [-0.1, -0.05) is 71.8 Å². The number of hydrogen-bond donors (Lipinski definition) is 0. The van der Waals surface area contributed by atoms with Crippen LogP contribution in [0.5, 0.6) is 0 Å². The maximum atomic E-state index is 13.6. The van der Waals surface area contributed by atoms with Gasteiger partial charge in [0.2, 0.25) is 0 Å². The predicted octanol–water partition coefficient (Wildman–Crippen LogP) is 7.13. The van der Waals surface area contributed by atoms with E-state index in [1.54, 1.807) is 54.6 Å². The largest absolute Gasteiger partial charge is 0.265 e. The Morgan fingerprint density at radius 1 is 1.00 bits per heavy atom. The van der Waals surface area contributed by atoms with E-state index in [0.29, 0.717) is 38.9 Å². The van der Waals surface area contributed by atoms with Crippen LogP contribution in [0.15, 0.2) is 90.9 Å². The maximum Gasteiger partial charge on any atom is 0.264 e. The van der Waals surface area contributed by atoms with Crippen molar-refractivity contribution >= 4 is 44.5 Å². The first-order chi connectivity index (χ1) is 14.8. The highest BCUT2D eigenvalue weighted by molar-refractivity contribution is 7.92. The first-order valence-corrected chi connectivity index (χ1v) is 11.9. The van der Waals surface area contributed by atoms with Crippen molar-refractivity contribution < 1.29 is 8.42 Å². The van der Waals surface area contributed by atoms with Gasteiger partial charge in [-0.3, -0.25) is 4.31 Å². The second-order valence-electron chi connectivity index (χ2n) is 7.09. The third-order valence-electron chi connectivity index (χ3n) is 4.90. The van der Waals surface area contributed by atoms with Gasteiger partial charge in [-0.05, 0) is 55.3 Å². The van der Waals surface area contributed by atoms with E-state index in [2.05, 4.69) is 13.2 Å². The molecular formula is C25H23Cl2NO2S. The van der Waals surface area contributed by atoms with E-state index < -0.39 is 10.0 Å². The summed E-state index contributed by atoms with van der Waals surface area (Å²) < 4.78 is 28.6. The van der Waals surface area contributed by atoms with Gasteiger partial charge in [0.15, 0.2) is 0 Å². The second-order valence-corrected chi connectivity index (χ2v) is 9.79. The Morgan fingerprint density at radius 3 is 2.32 bits per heavy atom. The van der Waals surface area contributed by atoms with Crippen LogP contribution in [0.3, 0.4) is 0 Å². The minimum Gasteiger partial charge on any atom is -0.265 e. The number of rotatable bonds is 8. The molecule has 3 nitrogen and oxygen atoms in total. The lowest BCUT2D eigenvalue weighted by atomic mass is 9.98. The molecule has 3 aromatic rings. The molecule has 3 aromatic carbocycles. The van der Waals surface area contributed by atoms with Gasteiger partial charge < -0.3 is 0 Å². The molecule has 0 radical (unpaired) electrons. The summed E-state index contributed by atoms with van der Waals surface area (Å²) in [5, 5.41) is 1.00. The molecule has 0 N–H and O–H groups in total. The molecular weight excluding hydrogens is 449 g/mol. The summed E-state index contributed by atoms with van der Waals surface area (Å²) in [5.41, 5.74) is 3.36. The quantitative estimate of drug-likeness (QED) is 0.327. The van der Waals surface area contributed by atoms with Gasteiger partial charge in [-0.25, -0.2) is 8.42 Å². The fraction of sp³-hybridized carbons (Fsp3) is 0.120. The zero-order valence-corrected chi connectivity index (χ0v) is 19.5. The normalized spacial score (nSPS) is 11.2. The Labute approximate surface area is 194 Å². The number of nitrogens with zero attached hydrogens (tertiary/aromatic N) is 1. The molecule has 0 heterocycles. The second kappa shape index (κ2) is 9.73. The Bertz CT molecular complexity index is 1220. The van der Waals surface area contributed by atoms with Crippen molar-refractivity contribution in [2.75, 3.05) is 10.8 Å². The lowest BCUT2D eigenvalue weighted by Crippen LogP contribution is -2.32. The average molecular weight is 472 g/mol. The molecule has 0 atom stereocenters. The molecule has 6 heteroatoms. The first-order valence-electron chi connectivity index (χ1n) is 9.69. The monoisotopic (exact) mass is 471 g/mol. The average Bonchev–Trinajstić information content (AvgIpc) is 2.75. The Kier molecular flexibility index (Phi) is 7.26. The molecule has 31 heavy (non-hydrogen) atoms. The molecule has 0 aliphatic carbocycles. The van der Waals surface area contributed by atoms with Crippen molar-refractivity contribution in [3.8, 4) is 0 Å². The highest BCUT2D eigenvalue weighted by Crippen LogP contribution is 2.37. The van der Waals surface area contributed by atoms with Gasteiger partial charge in [0.25, 0.3) is 10.0 Å². The Morgan fingerprint density at radius 2 is 1.68 bits per heavy atom. The minimum atomic E-state index is -3.84. The number of halogens is 2. The van der Waals surface area contributed by atoms with E-state index in [9.17, 15) is 8.42 Å². The SMILES string of the molecule is C=CCCN(c1ccc(Cl)cc1C(=C)c1ccccc1Cl)S(=O)(=O)c1ccc(C)cc1.